The first kappa shape index (κ1) is 17.3. The maximum absolute atomic E-state index is 12.3. The van der Waals surface area contributed by atoms with Gasteiger partial charge in [0, 0.05) is 12.9 Å². The number of alkyl halides is 4. The van der Waals surface area contributed by atoms with Gasteiger partial charge in [-0.3, -0.25) is 4.68 Å². The van der Waals surface area contributed by atoms with Crippen molar-refractivity contribution in [3.63, 3.8) is 0 Å². The number of aromatic nitrogens is 2. The average Bonchev–Trinajstić information content (AvgIpc) is 2.52. The lowest BCUT2D eigenvalue weighted by Crippen LogP contribution is -2.36. The van der Waals surface area contributed by atoms with Gasteiger partial charge >= 0.3 is 6.18 Å². The zero-order valence-electron chi connectivity index (χ0n) is 11.2. The van der Waals surface area contributed by atoms with Crippen molar-refractivity contribution in [3.05, 3.63) is 11.4 Å². The van der Waals surface area contributed by atoms with Crippen LogP contribution in [0.5, 0.6) is 0 Å². The van der Waals surface area contributed by atoms with Crippen LogP contribution in [-0.2, 0) is 16.6 Å². The minimum Gasteiger partial charge on any atom is -0.267 e. The lowest BCUT2D eigenvalue weighted by molar-refractivity contribution is -0.134. The molecule has 0 N–H and O–H groups in total. The largest absolute Gasteiger partial charge is 0.402 e. The van der Waals surface area contributed by atoms with Gasteiger partial charge in [-0.2, -0.15) is 22.6 Å². The van der Waals surface area contributed by atoms with Crippen LogP contribution < -0.4 is 0 Å². The van der Waals surface area contributed by atoms with Crippen molar-refractivity contribution in [2.45, 2.75) is 31.5 Å². The molecule has 0 saturated heterocycles. The summed E-state index contributed by atoms with van der Waals surface area (Å²) in [6.07, 6.45) is -4.60. The molecule has 0 bridgehead atoms. The zero-order valence-corrected chi connectivity index (χ0v) is 12.8. The van der Waals surface area contributed by atoms with E-state index in [1.54, 1.807) is 0 Å². The summed E-state index contributed by atoms with van der Waals surface area (Å²) in [4.78, 5) is -0.200. The van der Waals surface area contributed by atoms with Crippen LogP contribution in [0.4, 0.5) is 13.2 Å². The maximum Gasteiger partial charge on any atom is 0.402 e. The predicted octanol–water partition coefficient (Wildman–Crippen LogP) is 1.92. The minimum absolute atomic E-state index is 0.154. The van der Waals surface area contributed by atoms with Crippen LogP contribution in [0.3, 0.4) is 0 Å². The first-order valence-corrected chi connectivity index (χ1v) is 7.61. The molecule has 0 amide bonds. The smallest absolute Gasteiger partial charge is 0.267 e. The number of nitrogens with zero attached hydrogens (tertiary/aromatic N) is 3. The van der Waals surface area contributed by atoms with Crippen LogP contribution in [0.15, 0.2) is 4.90 Å². The number of hydrogen-bond donors (Lipinski definition) is 0. The van der Waals surface area contributed by atoms with Crippen molar-refractivity contribution in [1.29, 1.82) is 0 Å². The van der Waals surface area contributed by atoms with Gasteiger partial charge in [0.1, 0.15) is 11.4 Å². The van der Waals surface area contributed by atoms with Crippen molar-refractivity contribution < 1.29 is 21.6 Å². The van der Waals surface area contributed by atoms with Gasteiger partial charge in [0.15, 0.2) is 0 Å². The van der Waals surface area contributed by atoms with E-state index in [2.05, 4.69) is 5.10 Å². The number of rotatable bonds is 5. The zero-order chi connectivity index (χ0) is 15.7. The standard InChI is InChI=1S/C10H15ClF3N3O2S/c1-7-9(8(2)17(15-7)5-4-11)20(18,19)16(3)6-10(12,13)14/h4-6H2,1-3H3. The van der Waals surface area contributed by atoms with E-state index in [0.717, 1.165) is 7.05 Å². The van der Waals surface area contributed by atoms with Crippen molar-refractivity contribution in [3.8, 4) is 0 Å². The van der Waals surface area contributed by atoms with Crippen LogP contribution in [0, 0.1) is 13.8 Å². The summed E-state index contributed by atoms with van der Waals surface area (Å²) in [5, 5.41) is 3.99. The van der Waals surface area contributed by atoms with Gasteiger partial charge in [0.2, 0.25) is 10.0 Å². The summed E-state index contributed by atoms with van der Waals surface area (Å²) in [5.74, 6) is 0.222. The Balaban J connectivity index is 3.22. The van der Waals surface area contributed by atoms with E-state index in [1.165, 1.54) is 18.5 Å². The molecule has 1 aromatic heterocycles. The Morgan fingerprint density at radius 2 is 1.90 bits per heavy atom. The monoisotopic (exact) mass is 333 g/mol. The van der Waals surface area contributed by atoms with E-state index in [-0.39, 0.29) is 33.0 Å². The SMILES string of the molecule is Cc1nn(CCCl)c(C)c1S(=O)(=O)N(C)CC(F)(F)F. The Kier molecular flexibility index (Phi) is 5.09. The summed E-state index contributed by atoms with van der Waals surface area (Å²) in [6, 6.07) is 0. The summed E-state index contributed by atoms with van der Waals surface area (Å²) < 4.78 is 63.1. The van der Waals surface area contributed by atoms with Gasteiger partial charge in [0.05, 0.1) is 17.9 Å². The fraction of sp³-hybridized carbons (Fsp3) is 0.700. The Hall–Kier alpha value is -0.800. The van der Waals surface area contributed by atoms with E-state index < -0.39 is 22.7 Å². The Bertz CT molecular complexity index is 583. The van der Waals surface area contributed by atoms with Gasteiger partial charge in [-0.25, -0.2) is 8.42 Å². The molecule has 0 aliphatic rings. The molecule has 0 aliphatic carbocycles. The molecular weight excluding hydrogens is 319 g/mol. The number of aryl methyl sites for hydroxylation is 2. The van der Waals surface area contributed by atoms with Gasteiger partial charge < -0.3 is 0 Å². The van der Waals surface area contributed by atoms with Crippen molar-refractivity contribution in [1.82, 2.24) is 14.1 Å². The average molecular weight is 334 g/mol. The highest BCUT2D eigenvalue weighted by molar-refractivity contribution is 7.89. The first-order valence-electron chi connectivity index (χ1n) is 5.63. The molecule has 1 aromatic rings. The molecule has 0 radical (unpaired) electrons. The molecule has 0 unspecified atom stereocenters. The summed E-state index contributed by atoms with van der Waals surface area (Å²) in [7, 11) is -3.35. The fourth-order valence-electron chi connectivity index (χ4n) is 1.84. The topological polar surface area (TPSA) is 55.2 Å². The van der Waals surface area contributed by atoms with E-state index >= 15 is 0 Å². The summed E-state index contributed by atoms with van der Waals surface area (Å²) in [5.41, 5.74) is 0.429. The molecule has 0 atom stereocenters. The molecule has 0 fully saturated rings. The second kappa shape index (κ2) is 5.90. The molecule has 0 aliphatic heterocycles. The van der Waals surface area contributed by atoms with Crippen molar-refractivity contribution in [2.24, 2.45) is 0 Å². The van der Waals surface area contributed by atoms with Crippen molar-refractivity contribution >= 4 is 21.6 Å². The third-order valence-electron chi connectivity index (χ3n) is 2.68. The normalized spacial score (nSPS) is 13.2. The summed E-state index contributed by atoms with van der Waals surface area (Å²) >= 11 is 5.56. The second-order valence-electron chi connectivity index (χ2n) is 4.29. The van der Waals surface area contributed by atoms with Crippen LogP contribution in [0.2, 0.25) is 0 Å². The molecule has 116 valence electrons. The van der Waals surface area contributed by atoms with Crippen LogP contribution in [0.25, 0.3) is 0 Å². The third kappa shape index (κ3) is 3.64. The first-order chi connectivity index (χ1) is 9.00. The molecule has 1 heterocycles. The molecule has 0 spiro atoms. The van der Waals surface area contributed by atoms with Gasteiger partial charge in [0.25, 0.3) is 0 Å². The van der Waals surface area contributed by atoms with E-state index in [0.29, 0.717) is 0 Å². The molecule has 1 rings (SSSR count). The van der Waals surface area contributed by atoms with Crippen LogP contribution >= 0.6 is 11.6 Å². The highest BCUT2D eigenvalue weighted by Gasteiger charge is 2.37. The van der Waals surface area contributed by atoms with Gasteiger partial charge in [-0.15, -0.1) is 11.6 Å². The number of sulfonamides is 1. The quantitative estimate of drug-likeness (QED) is 0.774. The van der Waals surface area contributed by atoms with E-state index in [9.17, 15) is 21.6 Å². The van der Waals surface area contributed by atoms with E-state index in [1.807, 2.05) is 0 Å². The Morgan fingerprint density at radius 3 is 2.35 bits per heavy atom. The summed E-state index contributed by atoms with van der Waals surface area (Å²) in [6.45, 7) is 1.66. The fourth-order valence-corrected chi connectivity index (χ4v) is 3.53. The third-order valence-corrected chi connectivity index (χ3v) is 4.91. The molecule has 0 aromatic carbocycles. The second-order valence-corrected chi connectivity index (χ2v) is 6.65. The van der Waals surface area contributed by atoms with Crippen molar-refractivity contribution in [2.75, 3.05) is 19.5 Å². The Labute approximate surface area is 120 Å². The Morgan fingerprint density at radius 1 is 1.35 bits per heavy atom. The minimum atomic E-state index is -4.60. The predicted molar refractivity (Wildman–Crippen MR) is 68.3 cm³/mol. The molecule has 20 heavy (non-hydrogen) atoms. The number of hydrogen-bond acceptors (Lipinski definition) is 3. The molecule has 5 nitrogen and oxygen atoms in total. The van der Waals surface area contributed by atoms with Gasteiger partial charge in [-0.05, 0) is 13.8 Å². The lowest BCUT2D eigenvalue weighted by Gasteiger charge is -2.19. The highest BCUT2D eigenvalue weighted by Crippen LogP contribution is 2.25. The van der Waals surface area contributed by atoms with Crippen LogP contribution in [-0.4, -0.2) is 48.2 Å². The lowest BCUT2D eigenvalue weighted by atomic mass is 10.4. The van der Waals surface area contributed by atoms with Crippen LogP contribution in [0.1, 0.15) is 11.4 Å². The van der Waals surface area contributed by atoms with E-state index in [4.69, 9.17) is 11.6 Å². The highest BCUT2D eigenvalue weighted by atomic mass is 35.5. The molecule has 0 saturated carbocycles. The molecule has 10 heteroatoms. The molecular formula is C10H15ClF3N3O2S. The number of halogens is 4. The van der Waals surface area contributed by atoms with Gasteiger partial charge in [-0.1, -0.05) is 0 Å². The maximum atomic E-state index is 12.3.